The molecule has 1 rings (SSSR count). The van der Waals surface area contributed by atoms with E-state index in [-0.39, 0.29) is 0 Å². The normalized spacial score (nSPS) is 24.0. The molecule has 0 aromatic rings. The van der Waals surface area contributed by atoms with Gasteiger partial charge < -0.3 is 9.47 Å². The molecule has 2 radical (unpaired) electrons. The average Bonchev–Trinajstić information content (AvgIpc) is 1.72. The molecule has 1 aliphatic rings. The maximum atomic E-state index is 4.76. The summed E-state index contributed by atoms with van der Waals surface area (Å²) in [4.78, 5) is 0. The minimum Gasteiger partial charge on any atom is -0.370 e. The number of hydrogen-bond donors (Lipinski definition) is 0. The molecule has 0 amide bonds. The maximum Gasteiger partial charge on any atom is 0.115 e. The van der Waals surface area contributed by atoms with E-state index >= 15 is 0 Å². The molecule has 0 spiro atoms. The van der Waals surface area contributed by atoms with Crippen molar-refractivity contribution >= 4 is 0 Å². The molecule has 0 unspecified atom stereocenters. The molecule has 0 aromatic carbocycles. The fraction of sp³-hybridized carbons (Fsp3) is 0.500. The highest BCUT2D eigenvalue weighted by atomic mass is 16.6. The fourth-order valence-corrected chi connectivity index (χ4v) is 0.311. The van der Waals surface area contributed by atoms with Gasteiger partial charge in [0, 0.05) is 0 Å². The van der Waals surface area contributed by atoms with Gasteiger partial charge in [0.25, 0.3) is 0 Å². The maximum absolute atomic E-state index is 4.76. The Bertz CT molecular complexity index is 21.0. The standard InChI is InChI=1S/C4H6O2/c1-2-6-4-3-5-1/h1-2H,3-4H2. The molecular weight excluding hydrogens is 80.0 g/mol. The van der Waals surface area contributed by atoms with E-state index in [4.69, 9.17) is 9.47 Å². The Hall–Kier alpha value is -0.0800. The molecule has 0 aromatic heterocycles. The van der Waals surface area contributed by atoms with E-state index in [1.54, 1.807) is 13.2 Å². The summed E-state index contributed by atoms with van der Waals surface area (Å²) in [5, 5.41) is 0. The van der Waals surface area contributed by atoms with E-state index in [0.29, 0.717) is 13.2 Å². The van der Waals surface area contributed by atoms with Crippen LogP contribution in [0.25, 0.3) is 0 Å². The first-order valence-corrected chi connectivity index (χ1v) is 1.88. The molecule has 1 heterocycles. The monoisotopic (exact) mass is 86.0 g/mol. The van der Waals surface area contributed by atoms with Gasteiger partial charge in [0.2, 0.25) is 0 Å². The quantitative estimate of drug-likeness (QED) is 0.423. The molecule has 2 heteroatoms. The summed E-state index contributed by atoms with van der Waals surface area (Å²) in [6.45, 7) is 4.47. The molecule has 1 saturated heterocycles. The zero-order chi connectivity index (χ0) is 4.24. The number of hydrogen-bond acceptors (Lipinski definition) is 2. The van der Waals surface area contributed by atoms with Gasteiger partial charge in [0.15, 0.2) is 0 Å². The Kier molecular flexibility index (Phi) is 1.47. The second kappa shape index (κ2) is 2.16. The lowest BCUT2D eigenvalue weighted by atomic mass is 10.6. The number of ether oxygens (including phenoxy) is 2. The first-order valence-electron chi connectivity index (χ1n) is 1.88. The van der Waals surface area contributed by atoms with Crippen molar-refractivity contribution in [3.05, 3.63) is 13.2 Å². The van der Waals surface area contributed by atoms with E-state index in [1.807, 2.05) is 0 Å². The van der Waals surface area contributed by atoms with E-state index in [9.17, 15) is 0 Å². The molecule has 34 valence electrons. The van der Waals surface area contributed by atoms with Crippen LogP contribution in [0.5, 0.6) is 0 Å². The summed E-state index contributed by atoms with van der Waals surface area (Å²) in [7, 11) is 0. The fourth-order valence-electron chi connectivity index (χ4n) is 0.311. The minimum absolute atomic E-state index is 0.691. The second-order valence-electron chi connectivity index (χ2n) is 1.01. The van der Waals surface area contributed by atoms with Crippen molar-refractivity contribution < 1.29 is 9.47 Å². The van der Waals surface area contributed by atoms with Gasteiger partial charge in [-0.3, -0.25) is 0 Å². The highest BCUT2D eigenvalue weighted by Crippen LogP contribution is 1.95. The highest BCUT2D eigenvalue weighted by molar-refractivity contribution is 4.65. The molecule has 0 bridgehead atoms. The predicted molar refractivity (Wildman–Crippen MR) is 20.5 cm³/mol. The van der Waals surface area contributed by atoms with Gasteiger partial charge in [-0.15, -0.1) is 0 Å². The summed E-state index contributed by atoms with van der Waals surface area (Å²) in [5.74, 6) is 0. The topological polar surface area (TPSA) is 18.5 Å². The van der Waals surface area contributed by atoms with Crippen LogP contribution < -0.4 is 0 Å². The highest BCUT2D eigenvalue weighted by Gasteiger charge is 1.96. The Morgan fingerprint density at radius 1 is 1.00 bits per heavy atom. The summed E-state index contributed by atoms with van der Waals surface area (Å²) in [6, 6.07) is 0. The molecule has 0 N–H and O–H groups in total. The SMILES string of the molecule is [CH]1[CH]OCCO1. The third-order valence-corrected chi connectivity index (χ3v) is 0.567. The molecule has 1 aliphatic heterocycles. The second-order valence-corrected chi connectivity index (χ2v) is 1.01. The Labute approximate surface area is 37.1 Å². The van der Waals surface area contributed by atoms with Crippen LogP contribution in [0.3, 0.4) is 0 Å². The molecule has 0 saturated carbocycles. The Morgan fingerprint density at radius 2 is 1.50 bits per heavy atom. The van der Waals surface area contributed by atoms with Crippen molar-refractivity contribution in [1.29, 1.82) is 0 Å². The van der Waals surface area contributed by atoms with Crippen LogP contribution in [0.15, 0.2) is 0 Å². The van der Waals surface area contributed by atoms with E-state index < -0.39 is 0 Å². The van der Waals surface area contributed by atoms with Crippen molar-refractivity contribution in [2.75, 3.05) is 13.2 Å². The predicted octanol–water partition coefficient (Wildman–Crippen LogP) is 0.357. The molecule has 1 fully saturated rings. The third-order valence-electron chi connectivity index (χ3n) is 0.567. The van der Waals surface area contributed by atoms with E-state index in [1.165, 1.54) is 0 Å². The smallest absolute Gasteiger partial charge is 0.115 e. The van der Waals surface area contributed by atoms with E-state index in [2.05, 4.69) is 0 Å². The lowest BCUT2D eigenvalue weighted by Crippen LogP contribution is -2.08. The van der Waals surface area contributed by atoms with Gasteiger partial charge in [-0.2, -0.15) is 0 Å². The van der Waals surface area contributed by atoms with Crippen LogP contribution in [0.1, 0.15) is 0 Å². The van der Waals surface area contributed by atoms with Crippen LogP contribution in [-0.2, 0) is 9.47 Å². The molecule has 0 atom stereocenters. The van der Waals surface area contributed by atoms with E-state index in [0.717, 1.165) is 0 Å². The lowest BCUT2D eigenvalue weighted by molar-refractivity contribution is 0.0454. The summed E-state index contributed by atoms with van der Waals surface area (Å²) in [5.41, 5.74) is 0. The van der Waals surface area contributed by atoms with Gasteiger partial charge in [0.1, 0.15) is 13.2 Å². The van der Waals surface area contributed by atoms with Gasteiger partial charge in [0.05, 0.1) is 13.2 Å². The molecule has 6 heavy (non-hydrogen) atoms. The zero-order valence-corrected chi connectivity index (χ0v) is 3.39. The molecule has 2 nitrogen and oxygen atoms in total. The van der Waals surface area contributed by atoms with Crippen molar-refractivity contribution in [3.63, 3.8) is 0 Å². The van der Waals surface area contributed by atoms with Crippen LogP contribution in [0, 0.1) is 13.2 Å². The molecular formula is C4H6O2. The summed E-state index contributed by atoms with van der Waals surface area (Å²) in [6.07, 6.45) is 0. The zero-order valence-electron chi connectivity index (χ0n) is 3.39. The first kappa shape index (κ1) is 4.09. The summed E-state index contributed by atoms with van der Waals surface area (Å²) < 4.78 is 9.53. The number of rotatable bonds is 0. The third kappa shape index (κ3) is 0.954. The molecule has 0 aliphatic carbocycles. The van der Waals surface area contributed by atoms with Crippen LogP contribution >= 0.6 is 0 Å². The Morgan fingerprint density at radius 3 is 1.67 bits per heavy atom. The van der Waals surface area contributed by atoms with Crippen molar-refractivity contribution in [1.82, 2.24) is 0 Å². The van der Waals surface area contributed by atoms with Crippen molar-refractivity contribution in [2.24, 2.45) is 0 Å². The van der Waals surface area contributed by atoms with Crippen molar-refractivity contribution in [2.45, 2.75) is 0 Å². The van der Waals surface area contributed by atoms with Crippen molar-refractivity contribution in [3.8, 4) is 0 Å². The lowest BCUT2D eigenvalue weighted by Gasteiger charge is -2.08. The first-order chi connectivity index (χ1) is 3.00. The van der Waals surface area contributed by atoms with Crippen LogP contribution in [0.4, 0.5) is 0 Å². The van der Waals surface area contributed by atoms with Gasteiger partial charge in [-0.05, 0) is 0 Å². The Balaban J connectivity index is 2.00. The van der Waals surface area contributed by atoms with Gasteiger partial charge in [-0.25, -0.2) is 0 Å². The van der Waals surface area contributed by atoms with Crippen LogP contribution in [0.2, 0.25) is 0 Å². The van der Waals surface area contributed by atoms with Crippen LogP contribution in [-0.4, -0.2) is 13.2 Å². The minimum atomic E-state index is 0.691. The largest absolute Gasteiger partial charge is 0.370 e. The average molecular weight is 86.1 g/mol. The summed E-state index contributed by atoms with van der Waals surface area (Å²) >= 11 is 0. The van der Waals surface area contributed by atoms with Gasteiger partial charge >= 0.3 is 0 Å². The van der Waals surface area contributed by atoms with Gasteiger partial charge in [-0.1, -0.05) is 0 Å².